The Balaban J connectivity index is 1.60. The molecule has 0 bridgehead atoms. The van der Waals surface area contributed by atoms with Crippen LogP contribution >= 0.6 is 0 Å². The summed E-state index contributed by atoms with van der Waals surface area (Å²) in [7, 11) is -3.33. The number of nitrogens with zero attached hydrogens (tertiary/aromatic N) is 2. The minimum Gasteiger partial charge on any atom is -0.467 e. The van der Waals surface area contributed by atoms with Crippen molar-refractivity contribution in [2.24, 2.45) is 0 Å². The second-order valence-corrected chi connectivity index (χ2v) is 8.83. The van der Waals surface area contributed by atoms with Crippen molar-refractivity contribution in [2.75, 3.05) is 5.32 Å². The fourth-order valence-electron chi connectivity index (χ4n) is 3.07. The van der Waals surface area contributed by atoms with Gasteiger partial charge >= 0.3 is 11.8 Å². The van der Waals surface area contributed by atoms with Crippen LogP contribution in [0.1, 0.15) is 22.6 Å². The summed E-state index contributed by atoms with van der Waals surface area (Å²) >= 11 is 0. The maximum Gasteiger partial charge on any atom is 0.314 e. The minimum atomic E-state index is -3.33. The van der Waals surface area contributed by atoms with Crippen LogP contribution in [-0.2, 0) is 37.5 Å². The van der Waals surface area contributed by atoms with E-state index in [1.165, 1.54) is 10.9 Å². The van der Waals surface area contributed by atoms with E-state index in [0.29, 0.717) is 22.7 Å². The SMILES string of the molecule is Cc1ccc(-n2nc3c(c2NC(=O)C(=O)NCc2ccco2)CS(=O)(=O)C3)cc1. The zero-order valence-electron chi connectivity index (χ0n) is 15.5. The number of hydrogen-bond acceptors (Lipinski definition) is 6. The van der Waals surface area contributed by atoms with Crippen LogP contribution in [0.5, 0.6) is 0 Å². The first-order valence-corrected chi connectivity index (χ1v) is 10.6. The Morgan fingerprint density at radius 1 is 1.14 bits per heavy atom. The fraction of sp³-hybridized carbons (Fsp3) is 0.211. The van der Waals surface area contributed by atoms with E-state index in [-0.39, 0.29) is 23.9 Å². The molecular formula is C19H18N4O5S. The number of furan rings is 1. The second kappa shape index (κ2) is 7.21. The standard InChI is InChI=1S/C19H18N4O5S/c1-12-4-6-13(7-5-12)23-17(15-10-29(26,27)11-16(15)22-23)21-19(25)18(24)20-9-14-3-2-8-28-14/h2-8H,9-11H2,1H3,(H,20,24)(H,21,25). The van der Waals surface area contributed by atoms with Crippen LogP contribution in [0.2, 0.25) is 0 Å². The largest absolute Gasteiger partial charge is 0.467 e. The highest BCUT2D eigenvalue weighted by Crippen LogP contribution is 2.32. The molecule has 150 valence electrons. The van der Waals surface area contributed by atoms with Gasteiger partial charge in [0.15, 0.2) is 9.84 Å². The molecule has 0 radical (unpaired) electrons. The predicted molar refractivity (Wildman–Crippen MR) is 104 cm³/mol. The van der Waals surface area contributed by atoms with Crippen molar-refractivity contribution < 1.29 is 22.4 Å². The van der Waals surface area contributed by atoms with Gasteiger partial charge in [0.2, 0.25) is 0 Å². The van der Waals surface area contributed by atoms with Crippen LogP contribution in [0.25, 0.3) is 5.69 Å². The summed E-state index contributed by atoms with van der Waals surface area (Å²) in [5.74, 6) is -1.54. The molecule has 0 saturated carbocycles. The number of aryl methyl sites for hydroxylation is 1. The Morgan fingerprint density at radius 2 is 1.90 bits per heavy atom. The van der Waals surface area contributed by atoms with E-state index in [0.717, 1.165) is 5.56 Å². The number of rotatable bonds is 4. The monoisotopic (exact) mass is 414 g/mol. The molecule has 10 heteroatoms. The van der Waals surface area contributed by atoms with Gasteiger partial charge in [-0.25, -0.2) is 13.1 Å². The molecule has 0 saturated heterocycles. The van der Waals surface area contributed by atoms with Crippen molar-refractivity contribution in [3.63, 3.8) is 0 Å². The summed E-state index contributed by atoms with van der Waals surface area (Å²) in [6.07, 6.45) is 1.46. The molecule has 0 spiro atoms. The number of amides is 2. The van der Waals surface area contributed by atoms with Crippen LogP contribution in [0.3, 0.4) is 0 Å². The molecule has 3 aromatic rings. The molecule has 2 amide bonds. The summed E-state index contributed by atoms with van der Waals surface area (Å²) < 4.78 is 30.6. The van der Waals surface area contributed by atoms with Gasteiger partial charge in [0.1, 0.15) is 11.6 Å². The molecule has 3 heterocycles. The quantitative estimate of drug-likeness (QED) is 0.623. The molecule has 29 heavy (non-hydrogen) atoms. The molecule has 1 aliphatic heterocycles. The Hall–Kier alpha value is -3.40. The molecule has 0 aliphatic carbocycles. The van der Waals surface area contributed by atoms with E-state index in [2.05, 4.69) is 15.7 Å². The predicted octanol–water partition coefficient (Wildman–Crippen LogP) is 1.46. The average molecular weight is 414 g/mol. The van der Waals surface area contributed by atoms with Gasteiger partial charge in [-0.3, -0.25) is 9.59 Å². The lowest BCUT2D eigenvalue weighted by atomic mass is 10.2. The molecule has 4 rings (SSSR count). The number of carbonyl (C=O) groups is 2. The Labute approximate surface area is 166 Å². The van der Waals surface area contributed by atoms with Gasteiger partial charge in [-0.1, -0.05) is 17.7 Å². The Morgan fingerprint density at radius 3 is 2.59 bits per heavy atom. The fourth-order valence-corrected chi connectivity index (χ4v) is 4.56. The maximum atomic E-state index is 12.4. The van der Waals surface area contributed by atoms with Gasteiger partial charge in [-0.2, -0.15) is 5.10 Å². The number of aromatic nitrogens is 2. The van der Waals surface area contributed by atoms with Gasteiger partial charge in [0.05, 0.1) is 35.7 Å². The third-order valence-electron chi connectivity index (χ3n) is 4.51. The number of benzene rings is 1. The Kier molecular flexibility index (Phi) is 4.71. The summed E-state index contributed by atoms with van der Waals surface area (Å²) in [4.78, 5) is 24.6. The zero-order valence-corrected chi connectivity index (χ0v) is 16.3. The first-order valence-electron chi connectivity index (χ1n) is 8.82. The maximum absolute atomic E-state index is 12.4. The molecule has 2 aromatic heterocycles. The highest BCUT2D eigenvalue weighted by Gasteiger charge is 2.33. The van der Waals surface area contributed by atoms with E-state index in [1.54, 1.807) is 24.3 Å². The van der Waals surface area contributed by atoms with Crippen LogP contribution in [0.4, 0.5) is 5.82 Å². The van der Waals surface area contributed by atoms with E-state index in [4.69, 9.17) is 4.42 Å². The minimum absolute atomic E-state index is 0.0585. The molecule has 9 nitrogen and oxygen atoms in total. The van der Waals surface area contributed by atoms with Crippen molar-refractivity contribution in [1.82, 2.24) is 15.1 Å². The smallest absolute Gasteiger partial charge is 0.314 e. The van der Waals surface area contributed by atoms with Crippen molar-refractivity contribution >= 4 is 27.5 Å². The van der Waals surface area contributed by atoms with Crippen LogP contribution in [0, 0.1) is 6.92 Å². The zero-order chi connectivity index (χ0) is 20.6. The van der Waals surface area contributed by atoms with E-state index < -0.39 is 21.7 Å². The van der Waals surface area contributed by atoms with E-state index in [1.807, 2.05) is 19.1 Å². The van der Waals surface area contributed by atoms with Crippen molar-refractivity contribution in [3.8, 4) is 5.69 Å². The second-order valence-electron chi connectivity index (χ2n) is 6.77. The number of hydrogen-bond donors (Lipinski definition) is 2. The van der Waals surface area contributed by atoms with Crippen LogP contribution in [0.15, 0.2) is 47.1 Å². The lowest BCUT2D eigenvalue weighted by molar-refractivity contribution is -0.136. The summed E-state index contributed by atoms with van der Waals surface area (Å²) in [6.45, 7) is 1.99. The first kappa shape index (κ1) is 18.9. The summed E-state index contributed by atoms with van der Waals surface area (Å²) in [5.41, 5.74) is 2.46. The molecule has 1 aromatic carbocycles. The highest BCUT2D eigenvalue weighted by atomic mass is 32.2. The third kappa shape index (κ3) is 3.92. The lowest BCUT2D eigenvalue weighted by Gasteiger charge is -2.11. The van der Waals surface area contributed by atoms with Gasteiger partial charge in [-0.05, 0) is 31.2 Å². The number of anilines is 1. The topological polar surface area (TPSA) is 123 Å². The third-order valence-corrected chi connectivity index (χ3v) is 5.95. The van der Waals surface area contributed by atoms with Gasteiger partial charge in [0, 0.05) is 5.56 Å². The number of sulfone groups is 1. The molecule has 0 unspecified atom stereocenters. The normalized spacial score (nSPS) is 14.4. The summed E-state index contributed by atoms with van der Waals surface area (Å²) in [6, 6.07) is 10.7. The molecular weight excluding hydrogens is 396 g/mol. The number of carbonyl (C=O) groups excluding carboxylic acids is 2. The molecule has 0 atom stereocenters. The van der Waals surface area contributed by atoms with Crippen LogP contribution < -0.4 is 10.6 Å². The summed E-state index contributed by atoms with van der Waals surface area (Å²) in [5, 5.41) is 9.34. The van der Waals surface area contributed by atoms with Crippen molar-refractivity contribution in [2.45, 2.75) is 25.0 Å². The van der Waals surface area contributed by atoms with Crippen LogP contribution in [-0.4, -0.2) is 30.0 Å². The van der Waals surface area contributed by atoms with Gasteiger partial charge in [-0.15, -0.1) is 0 Å². The van der Waals surface area contributed by atoms with Gasteiger partial charge in [0.25, 0.3) is 0 Å². The number of nitrogens with one attached hydrogen (secondary N) is 2. The van der Waals surface area contributed by atoms with E-state index in [9.17, 15) is 18.0 Å². The van der Waals surface area contributed by atoms with Gasteiger partial charge < -0.3 is 15.1 Å². The highest BCUT2D eigenvalue weighted by molar-refractivity contribution is 7.90. The Bertz CT molecular complexity index is 1180. The van der Waals surface area contributed by atoms with Crippen molar-refractivity contribution in [1.29, 1.82) is 0 Å². The molecule has 2 N–H and O–H groups in total. The first-order chi connectivity index (χ1) is 13.8. The average Bonchev–Trinajstić information content (AvgIpc) is 3.36. The molecule has 1 aliphatic rings. The lowest BCUT2D eigenvalue weighted by Crippen LogP contribution is -2.35. The van der Waals surface area contributed by atoms with Crippen molar-refractivity contribution in [3.05, 3.63) is 65.2 Å². The van der Waals surface area contributed by atoms with E-state index >= 15 is 0 Å². The molecule has 0 fully saturated rings. The number of fused-ring (bicyclic) bond motifs is 1.